The van der Waals surface area contributed by atoms with E-state index in [-0.39, 0.29) is 5.69 Å². The van der Waals surface area contributed by atoms with Crippen LogP contribution in [-0.2, 0) is 0 Å². The summed E-state index contributed by atoms with van der Waals surface area (Å²) in [6, 6.07) is 16.5. The SMILES string of the molecule is NNC(=O)c1nc(-c2ccccc2)oc1Sc1ccc(Cl)cc1. The molecule has 1 aromatic heterocycles. The number of nitrogens with one attached hydrogen (secondary N) is 1. The van der Waals surface area contributed by atoms with Crippen molar-refractivity contribution >= 4 is 29.3 Å². The van der Waals surface area contributed by atoms with Crippen LogP contribution in [0.1, 0.15) is 10.5 Å². The number of oxazole rings is 1. The third kappa shape index (κ3) is 3.56. The van der Waals surface area contributed by atoms with Crippen LogP contribution in [0, 0.1) is 0 Å². The van der Waals surface area contributed by atoms with Crippen molar-refractivity contribution in [2.24, 2.45) is 5.84 Å². The Hall–Kier alpha value is -2.28. The topological polar surface area (TPSA) is 81.1 Å². The molecule has 2 aromatic carbocycles. The standard InChI is InChI=1S/C16H12ClN3O2S/c17-11-6-8-12(9-7-11)23-16-13(14(21)20-18)19-15(22-16)10-4-2-1-3-5-10/h1-9H,18H2,(H,20,21). The lowest BCUT2D eigenvalue weighted by molar-refractivity contribution is 0.0944. The van der Waals surface area contributed by atoms with Gasteiger partial charge in [0.1, 0.15) is 0 Å². The molecule has 3 N–H and O–H groups in total. The van der Waals surface area contributed by atoms with Crippen molar-refractivity contribution in [2.45, 2.75) is 9.99 Å². The van der Waals surface area contributed by atoms with E-state index in [1.807, 2.05) is 42.5 Å². The molecule has 5 nitrogen and oxygen atoms in total. The maximum absolute atomic E-state index is 11.9. The minimum Gasteiger partial charge on any atom is -0.429 e. The number of carbonyl (C=O) groups is 1. The third-order valence-corrected chi connectivity index (χ3v) is 4.21. The van der Waals surface area contributed by atoms with E-state index < -0.39 is 5.91 Å². The van der Waals surface area contributed by atoms with Crippen molar-refractivity contribution in [2.75, 3.05) is 0 Å². The molecule has 0 aliphatic carbocycles. The second-order valence-corrected chi connectivity index (χ2v) is 6.03. The first kappa shape index (κ1) is 15.6. The van der Waals surface area contributed by atoms with Gasteiger partial charge in [-0.2, -0.15) is 0 Å². The summed E-state index contributed by atoms with van der Waals surface area (Å²) in [5.41, 5.74) is 3.01. The van der Waals surface area contributed by atoms with Crippen molar-refractivity contribution in [3.05, 3.63) is 65.3 Å². The zero-order chi connectivity index (χ0) is 16.2. The van der Waals surface area contributed by atoms with E-state index in [0.717, 1.165) is 10.5 Å². The van der Waals surface area contributed by atoms with Crippen LogP contribution in [0.5, 0.6) is 0 Å². The number of carbonyl (C=O) groups excluding carboxylic acids is 1. The fourth-order valence-electron chi connectivity index (χ4n) is 1.90. The number of amides is 1. The van der Waals surface area contributed by atoms with Crippen molar-refractivity contribution in [1.82, 2.24) is 10.4 Å². The smallest absolute Gasteiger partial charge is 0.288 e. The Morgan fingerprint density at radius 1 is 1.13 bits per heavy atom. The summed E-state index contributed by atoms with van der Waals surface area (Å²) in [6.45, 7) is 0. The maximum Gasteiger partial charge on any atom is 0.288 e. The molecule has 0 spiro atoms. The monoisotopic (exact) mass is 345 g/mol. The molecule has 23 heavy (non-hydrogen) atoms. The molecule has 3 aromatic rings. The molecule has 116 valence electrons. The fraction of sp³-hybridized carbons (Fsp3) is 0. The Balaban J connectivity index is 1.98. The van der Waals surface area contributed by atoms with Gasteiger partial charge in [-0.3, -0.25) is 10.2 Å². The molecule has 0 aliphatic heterocycles. The molecule has 1 amide bonds. The molecular formula is C16H12ClN3O2S. The average molecular weight is 346 g/mol. The van der Waals surface area contributed by atoms with Crippen LogP contribution in [0.15, 0.2) is 69.0 Å². The van der Waals surface area contributed by atoms with Crippen LogP contribution in [0.2, 0.25) is 5.02 Å². The number of hydrogen-bond acceptors (Lipinski definition) is 5. The first-order valence-corrected chi connectivity index (χ1v) is 7.87. The minimum atomic E-state index is -0.507. The average Bonchev–Trinajstić information content (AvgIpc) is 3.01. The minimum absolute atomic E-state index is 0.145. The van der Waals surface area contributed by atoms with E-state index in [0.29, 0.717) is 16.0 Å². The highest BCUT2D eigenvalue weighted by Gasteiger charge is 2.21. The van der Waals surface area contributed by atoms with Crippen LogP contribution in [-0.4, -0.2) is 10.9 Å². The Morgan fingerprint density at radius 2 is 1.83 bits per heavy atom. The number of aromatic nitrogens is 1. The molecule has 0 bridgehead atoms. The summed E-state index contributed by atoms with van der Waals surface area (Å²) in [7, 11) is 0. The Kier molecular flexibility index (Phi) is 4.66. The van der Waals surface area contributed by atoms with Gasteiger partial charge in [-0.25, -0.2) is 10.8 Å². The highest BCUT2D eigenvalue weighted by Crippen LogP contribution is 2.34. The Labute approximate surface area is 141 Å². The summed E-state index contributed by atoms with van der Waals surface area (Å²) in [4.78, 5) is 17.1. The predicted octanol–water partition coefficient (Wildman–Crippen LogP) is 3.75. The molecule has 0 saturated heterocycles. The molecule has 1 heterocycles. The summed E-state index contributed by atoms with van der Waals surface area (Å²) < 4.78 is 5.76. The largest absolute Gasteiger partial charge is 0.429 e. The van der Waals surface area contributed by atoms with Gasteiger partial charge in [-0.15, -0.1) is 0 Å². The normalized spacial score (nSPS) is 10.5. The lowest BCUT2D eigenvalue weighted by Gasteiger charge is -2.00. The van der Waals surface area contributed by atoms with E-state index >= 15 is 0 Å². The molecule has 0 unspecified atom stereocenters. The first-order valence-electron chi connectivity index (χ1n) is 6.68. The highest BCUT2D eigenvalue weighted by atomic mass is 35.5. The van der Waals surface area contributed by atoms with Gasteiger partial charge in [-0.05, 0) is 48.2 Å². The summed E-state index contributed by atoms with van der Waals surface area (Å²) >= 11 is 7.16. The van der Waals surface area contributed by atoms with Gasteiger partial charge in [0.05, 0.1) is 0 Å². The van der Waals surface area contributed by atoms with Crippen molar-refractivity contribution < 1.29 is 9.21 Å². The highest BCUT2D eigenvalue weighted by molar-refractivity contribution is 7.99. The number of nitrogen functional groups attached to an aromatic ring is 1. The second-order valence-electron chi connectivity index (χ2n) is 4.55. The number of nitrogens with two attached hydrogens (primary N) is 1. The quantitative estimate of drug-likeness (QED) is 0.427. The third-order valence-electron chi connectivity index (χ3n) is 2.99. The molecular weight excluding hydrogens is 334 g/mol. The van der Waals surface area contributed by atoms with E-state index in [4.69, 9.17) is 21.9 Å². The maximum atomic E-state index is 11.9. The van der Waals surface area contributed by atoms with Gasteiger partial charge in [-0.1, -0.05) is 29.8 Å². The summed E-state index contributed by atoms with van der Waals surface area (Å²) in [5, 5.41) is 1.01. The number of hydrogen-bond donors (Lipinski definition) is 2. The Bertz CT molecular complexity index is 819. The number of hydrazine groups is 1. The molecule has 7 heteroatoms. The molecule has 0 radical (unpaired) electrons. The van der Waals surface area contributed by atoms with Crippen LogP contribution < -0.4 is 11.3 Å². The van der Waals surface area contributed by atoms with E-state index in [2.05, 4.69) is 10.4 Å². The van der Waals surface area contributed by atoms with Crippen LogP contribution in [0.4, 0.5) is 0 Å². The van der Waals surface area contributed by atoms with E-state index in [1.54, 1.807) is 12.1 Å². The molecule has 0 aliphatic rings. The first-order chi connectivity index (χ1) is 11.2. The number of halogens is 1. The van der Waals surface area contributed by atoms with Crippen molar-refractivity contribution in [1.29, 1.82) is 0 Å². The lowest BCUT2D eigenvalue weighted by Crippen LogP contribution is -2.30. The van der Waals surface area contributed by atoms with Gasteiger partial charge < -0.3 is 4.42 Å². The van der Waals surface area contributed by atoms with E-state index in [9.17, 15) is 4.79 Å². The number of rotatable bonds is 4. The van der Waals surface area contributed by atoms with Gasteiger partial charge >= 0.3 is 0 Å². The Morgan fingerprint density at radius 3 is 2.48 bits per heavy atom. The van der Waals surface area contributed by atoms with Gasteiger partial charge in [0.2, 0.25) is 5.89 Å². The zero-order valence-corrected chi connectivity index (χ0v) is 13.4. The summed E-state index contributed by atoms with van der Waals surface area (Å²) in [5.74, 6) is 5.08. The van der Waals surface area contributed by atoms with Crippen molar-refractivity contribution in [3.8, 4) is 11.5 Å². The van der Waals surface area contributed by atoms with Crippen LogP contribution in [0.3, 0.4) is 0 Å². The fourth-order valence-corrected chi connectivity index (χ4v) is 2.87. The van der Waals surface area contributed by atoms with Crippen molar-refractivity contribution in [3.63, 3.8) is 0 Å². The predicted molar refractivity (Wildman–Crippen MR) is 89.2 cm³/mol. The van der Waals surface area contributed by atoms with Gasteiger partial charge in [0.25, 0.3) is 5.91 Å². The van der Waals surface area contributed by atoms with Crippen LogP contribution in [0.25, 0.3) is 11.5 Å². The number of benzene rings is 2. The zero-order valence-electron chi connectivity index (χ0n) is 11.8. The summed E-state index contributed by atoms with van der Waals surface area (Å²) in [6.07, 6.45) is 0. The van der Waals surface area contributed by atoms with Gasteiger partial charge in [0.15, 0.2) is 10.8 Å². The number of nitrogens with zero attached hydrogens (tertiary/aromatic N) is 1. The van der Waals surface area contributed by atoms with Crippen LogP contribution >= 0.6 is 23.4 Å². The molecule has 0 fully saturated rings. The molecule has 0 saturated carbocycles. The molecule has 3 rings (SSSR count). The second kappa shape index (κ2) is 6.87. The van der Waals surface area contributed by atoms with Gasteiger partial charge in [0, 0.05) is 15.5 Å². The van der Waals surface area contributed by atoms with E-state index in [1.165, 1.54) is 11.8 Å². The lowest BCUT2D eigenvalue weighted by atomic mass is 10.2. The molecule has 0 atom stereocenters.